The average Bonchev–Trinajstić information content (AvgIpc) is 2.40. The lowest BCUT2D eigenvalue weighted by Crippen LogP contribution is -2.45. The van der Waals surface area contributed by atoms with E-state index in [0.717, 1.165) is 50.1 Å². The molecule has 108 valence electrons. The Kier molecular flexibility index (Phi) is 6.76. The van der Waals surface area contributed by atoms with E-state index in [9.17, 15) is 4.39 Å². The van der Waals surface area contributed by atoms with E-state index in [-0.39, 0.29) is 18.2 Å². The third-order valence-corrected chi connectivity index (χ3v) is 3.74. The van der Waals surface area contributed by atoms with Crippen molar-refractivity contribution in [2.75, 3.05) is 26.2 Å². The molecule has 4 heteroatoms. The highest BCUT2D eigenvalue weighted by Gasteiger charge is 2.21. The maximum Gasteiger partial charge on any atom is 0.126 e. The van der Waals surface area contributed by atoms with Crippen molar-refractivity contribution in [2.24, 2.45) is 0 Å². The number of hydrogen-bond acceptors (Lipinski definition) is 2. The third kappa shape index (κ3) is 4.16. The summed E-state index contributed by atoms with van der Waals surface area (Å²) in [4.78, 5) is 2.48. The fourth-order valence-electron chi connectivity index (χ4n) is 2.64. The predicted octanol–water partition coefficient (Wildman–Crippen LogP) is 3.30. The van der Waals surface area contributed by atoms with Crippen molar-refractivity contribution in [1.29, 1.82) is 0 Å². The van der Waals surface area contributed by atoms with Gasteiger partial charge < -0.3 is 5.32 Å². The van der Waals surface area contributed by atoms with Crippen molar-refractivity contribution in [3.05, 3.63) is 35.1 Å². The SMILES string of the molecule is CCC[C@H](c1ccc(C)c(F)c1)N1CCNCC1.Cl. The second-order valence-corrected chi connectivity index (χ2v) is 5.10. The van der Waals surface area contributed by atoms with Gasteiger partial charge in [0.15, 0.2) is 0 Å². The zero-order valence-electron chi connectivity index (χ0n) is 11.8. The topological polar surface area (TPSA) is 15.3 Å². The van der Waals surface area contributed by atoms with Crippen LogP contribution >= 0.6 is 12.4 Å². The van der Waals surface area contributed by atoms with Crippen molar-refractivity contribution in [2.45, 2.75) is 32.7 Å². The van der Waals surface area contributed by atoms with Gasteiger partial charge in [0, 0.05) is 32.2 Å². The average molecular weight is 287 g/mol. The van der Waals surface area contributed by atoms with Gasteiger partial charge in [-0.25, -0.2) is 4.39 Å². The van der Waals surface area contributed by atoms with Gasteiger partial charge in [-0.2, -0.15) is 0 Å². The maximum atomic E-state index is 13.7. The van der Waals surface area contributed by atoms with Crippen molar-refractivity contribution < 1.29 is 4.39 Å². The third-order valence-electron chi connectivity index (χ3n) is 3.74. The van der Waals surface area contributed by atoms with Crippen LogP contribution in [0.3, 0.4) is 0 Å². The smallest absolute Gasteiger partial charge is 0.126 e. The van der Waals surface area contributed by atoms with Crippen LogP contribution in [0, 0.1) is 12.7 Å². The highest BCUT2D eigenvalue weighted by Crippen LogP contribution is 2.27. The van der Waals surface area contributed by atoms with Gasteiger partial charge in [-0.3, -0.25) is 4.90 Å². The lowest BCUT2D eigenvalue weighted by atomic mass is 9.98. The van der Waals surface area contributed by atoms with Crippen LogP contribution in [0.25, 0.3) is 0 Å². The molecule has 0 unspecified atom stereocenters. The molecule has 1 aliphatic rings. The minimum Gasteiger partial charge on any atom is -0.314 e. The second-order valence-electron chi connectivity index (χ2n) is 5.10. The van der Waals surface area contributed by atoms with Gasteiger partial charge in [-0.1, -0.05) is 25.5 Å². The van der Waals surface area contributed by atoms with E-state index in [0.29, 0.717) is 6.04 Å². The van der Waals surface area contributed by atoms with Gasteiger partial charge in [-0.15, -0.1) is 12.4 Å². The van der Waals surface area contributed by atoms with E-state index >= 15 is 0 Å². The van der Waals surface area contributed by atoms with E-state index in [2.05, 4.69) is 23.2 Å². The molecule has 0 bridgehead atoms. The van der Waals surface area contributed by atoms with Crippen molar-refractivity contribution in [3.8, 4) is 0 Å². The van der Waals surface area contributed by atoms with Crippen LogP contribution in [0.4, 0.5) is 4.39 Å². The summed E-state index contributed by atoms with van der Waals surface area (Å²) in [5.74, 6) is -0.0799. The molecular weight excluding hydrogens is 263 g/mol. The molecule has 1 N–H and O–H groups in total. The first-order chi connectivity index (χ1) is 8.72. The van der Waals surface area contributed by atoms with Gasteiger partial charge in [0.05, 0.1) is 0 Å². The molecule has 1 heterocycles. The lowest BCUT2D eigenvalue weighted by Gasteiger charge is -2.35. The first-order valence-electron chi connectivity index (χ1n) is 6.93. The molecule has 1 saturated heterocycles. The Morgan fingerprint density at radius 2 is 2.00 bits per heavy atom. The molecule has 1 aromatic carbocycles. The highest BCUT2D eigenvalue weighted by atomic mass is 35.5. The predicted molar refractivity (Wildman–Crippen MR) is 80.5 cm³/mol. The van der Waals surface area contributed by atoms with Crippen LogP contribution < -0.4 is 5.32 Å². The molecule has 1 aromatic rings. The molecular formula is C15H24ClFN2. The van der Waals surface area contributed by atoms with E-state index in [1.165, 1.54) is 0 Å². The summed E-state index contributed by atoms with van der Waals surface area (Å²) in [6.45, 7) is 8.20. The molecule has 0 amide bonds. The van der Waals surface area contributed by atoms with E-state index in [1.807, 2.05) is 13.0 Å². The summed E-state index contributed by atoms with van der Waals surface area (Å²) in [6.07, 6.45) is 2.23. The number of benzene rings is 1. The van der Waals surface area contributed by atoms with Gasteiger partial charge in [-0.05, 0) is 30.5 Å². The van der Waals surface area contributed by atoms with Crippen molar-refractivity contribution >= 4 is 12.4 Å². The van der Waals surface area contributed by atoms with Gasteiger partial charge in [0.2, 0.25) is 0 Å². The first-order valence-corrected chi connectivity index (χ1v) is 6.93. The van der Waals surface area contributed by atoms with Crippen molar-refractivity contribution in [1.82, 2.24) is 10.2 Å². The minimum absolute atomic E-state index is 0. The monoisotopic (exact) mass is 286 g/mol. The van der Waals surface area contributed by atoms with Gasteiger partial charge in [0.1, 0.15) is 5.82 Å². The zero-order chi connectivity index (χ0) is 13.0. The molecule has 0 aromatic heterocycles. The minimum atomic E-state index is -0.0799. The molecule has 0 spiro atoms. The molecule has 2 nitrogen and oxygen atoms in total. The summed E-state index contributed by atoms with van der Waals surface area (Å²) in [7, 11) is 0. The summed E-state index contributed by atoms with van der Waals surface area (Å²) < 4.78 is 13.7. The normalized spacial score (nSPS) is 17.8. The molecule has 0 aliphatic carbocycles. The number of rotatable bonds is 4. The Bertz CT molecular complexity index is 392. The molecule has 1 aliphatic heterocycles. The van der Waals surface area contributed by atoms with Gasteiger partial charge in [0.25, 0.3) is 0 Å². The number of halogens is 2. The Balaban J connectivity index is 0.00000180. The molecule has 0 saturated carbocycles. The second kappa shape index (κ2) is 7.83. The molecule has 2 rings (SSSR count). The molecule has 19 heavy (non-hydrogen) atoms. The summed E-state index contributed by atoms with van der Waals surface area (Å²) in [5.41, 5.74) is 1.86. The van der Waals surface area contributed by atoms with Crippen molar-refractivity contribution in [3.63, 3.8) is 0 Å². The largest absolute Gasteiger partial charge is 0.314 e. The standard InChI is InChI=1S/C15H23FN2.ClH/c1-3-4-15(18-9-7-17-8-10-18)13-6-5-12(2)14(16)11-13;/h5-6,11,15,17H,3-4,7-10H2,1-2H3;1H/t15-;/m1./s1. The molecule has 0 radical (unpaired) electrons. The number of nitrogens with zero attached hydrogens (tertiary/aromatic N) is 1. The Morgan fingerprint density at radius 3 is 2.58 bits per heavy atom. The Hall–Kier alpha value is -0.640. The number of nitrogens with one attached hydrogen (secondary N) is 1. The van der Waals surface area contributed by atoms with E-state index < -0.39 is 0 Å². The fraction of sp³-hybridized carbons (Fsp3) is 0.600. The molecule has 1 atom stereocenters. The fourth-order valence-corrected chi connectivity index (χ4v) is 2.64. The number of hydrogen-bond donors (Lipinski definition) is 1. The Morgan fingerprint density at radius 1 is 1.32 bits per heavy atom. The van der Waals surface area contributed by atoms with Crippen LogP contribution in [0.5, 0.6) is 0 Å². The summed E-state index contributed by atoms with van der Waals surface area (Å²) >= 11 is 0. The Labute approximate surface area is 121 Å². The summed E-state index contributed by atoms with van der Waals surface area (Å²) in [6, 6.07) is 6.07. The number of piperazine rings is 1. The first kappa shape index (κ1) is 16.4. The molecule has 1 fully saturated rings. The van der Waals surface area contributed by atoms with E-state index in [4.69, 9.17) is 0 Å². The zero-order valence-corrected chi connectivity index (χ0v) is 12.6. The van der Waals surface area contributed by atoms with Crippen LogP contribution in [0.2, 0.25) is 0 Å². The quantitative estimate of drug-likeness (QED) is 0.914. The van der Waals surface area contributed by atoms with E-state index in [1.54, 1.807) is 6.07 Å². The highest BCUT2D eigenvalue weighted by molar-refractivity contribution is 5.85. The van der Waals surface area contributed by atoms with Crippen LogP contribution in [0.1, 0.15) is 36.9 Å². The van der Waals surface area contributed by atoms with Crippen LogP contribution in [0.15, 0.2) is 18.2 Å². The van der Waals surface area contributed by atoms with Crippen LogP contribution in [-0.4, -0.2) is 31.1 Å². The summed E-state index contributed by atoms with van der Waals surface area (Å²) in [5, 5.41) is 3.37. The number of aryl methyl sites for hydroxylation is 1. The van der Waals surface area contributed by atoms with Gasteiger partial charge >= 0.3 is 0 Å². The lowest BCUT2D eigenvalue weighted by molar-refractivity contribution is 0.164. The maximum absolute atomic E-state index is 13.7. The van der Waals surface area contributed by atoms with Crippen LogP contribution in [-0.2, 0) is 0 Å².